The van der Waals surface area contributed by atoms with Crippen molar-refractivity contribution >= 4 is 11.9 Å². The second kappa shape index (κ2) is 7.53. The number of hydrogen-bond donors (Lipinski definition) is 2. The van der Waals surface area contributed by atoms with E-state index in [2.05, 4.69) is 5.32 Å². The second-order valence-corrected chi connectivity index (χ2v) is 4.87. The molecule has 1 rings (SSSR count). The predicted octanol–water partition coefficient (Wildman–Crippen LogP) is 1.99. The predicted molar refractivity (Wildman–Crippen MR) is 75.7 cm³/mol. The molecule has 0 heterocycles. The second-order valence-electron chi connectivity index (χ2n) is 4.87. The molecule has 20 heavy (non-hydrogen) atoms. The molecule has 1 aromatic rings. The van der Waals surface area contributed by atoms with E-state index in [-0.39, 0.29) is 12.5 Å². The van der Waals surface area contributed by atoms with Crippen LogP contribution in [0.4, 0.5) is 0 Å². The number of rotatable bonds is 7. The van der Waals surface area contributed by atoms with Crippen molar-refractivity contribution in [2.24, 2.45) is 5.92 Å². The molecule has 2 N–H and O–H groups in total. The van der Waals surface area contributed by atoms with E-state index >= 15 is 0 Å². The van der Waals surface area contributed by atoms with E-state index in [1.165, 1.54) is 0 Å². The molecule has 0 aliphatic rings. The van der Waals surface area contributed by atoms with Crippen molar-refractivity contribution in [1.82, 2.24) is 5.32 Å². The number of amides is 1. The maximum Gasteiger partial charge on any atom is 0.326 e. The van der Waals surface area contributed by atoms with E-state index in [0.29, 0.717) is 12.2 Å². The molecule has 0 aliphatic heterocycles. The number of aliphatic carboxylic acids is 1. The Bertz CT molecular complexity index is 455. The van der Waals surface area contributed by atoms with E-state index in [1.807, 2.05) is 26.0 Å². The zero-order valence-electron chi connectivity index (χ0n) is 12.1. The normalized spacial score (nSPS) is 13.3. The Kier molecular flexibility index (Phi) is 6.03. The number of carboxylic acids is 1. The minimum absolute atomic E-state index is 0.129. The minimum Gasteiger partial charge on any atom is -0.484 e. The van der Waals surface area contributed by atoms with Crippen molar-refractivity contribution in [2.45, 2.75) is 33.2 Å². The molecule has 5 nitrogen and oxygen atoms in total. The lowest BCUT2D eigenvalue weighted by molar-refractivity contribution is -0.143. The summed E-state index contributed by atoms with van der Waals surface area (Å²) in [4.78, 5) is 22.8. The summed E-state index contributed by atoms with van der Waals surface area (Å²) in [7, 11) is 0. The highest BCUT2D eigenvalue weighted by atomic mass is 16.5. The standard InChI is InChI=1S/C15H21NO4/c1-4-11(3)14(15(18)19)16-13(17)9-20-12-7-5-10(2)6-8-12/h5-8,11,14H,4,9H2,1-3H3,(H,16,17)(H,18,19)/t11?,14-/m0/s1. The highest BCUT2D eigenvalue weighted by Crippen LogP contribution is 2.11. The summed E-state index contributed by atoms with van der Waals surface area (Å²) in [5, 5.41) is 11.6. The fourth-order valence-electron chi connectivity index (χ4n) is 1.68. The van der Waals surface area contributed by atoms with Crippen LogP contribution in [-0.2, 0) is 9.59 Å². The number of carboxylic acid groups (broad SMARTS) is 1. The third-order valence-electron chi connectivity index (χ3n) is 3.19. The topological polar surface area (TPSA) is 75.6 Å². The van der Waals surface area contributed by atoms with Crippen molar-refractivity contribution in [3.8, 4) is 5.75 Å². The molecule has 0 spiro atoms. The van der Waals surface area contributed by atoms with E-state index in [9.17, 15) is 9.59 Å². The number of carbonyl (C=O) groups excluding carboxylic acids is 1. The summed E-state index contributed by atoms with van der Waals surface area (Å²) in [5.74, 6) is -1.00. The first-order valence-corrected chi connectivity index (χ1v) is 6.65. The Labute approximate surface area is 118 Å². The van der Waals surface area contributed by atoms with Gasteiger partial charge in [-0.3, -0.25) is 4.79 Å². The van der Waals surface area contributed by atoms with Gasteiger partial charge < -0.3 is 15.2 Å². The highest BCUT2D eigenvalue weighted by Gasteiger charge is 2.25. The molecule has 0 saturated heterocycles. The fourth-order valence-corrected chi connectivity index (χ4v) is 1.68. The molecule has 1 amide bonds. The Hall–Kier alpha value is -2.04. The third kappa shape index (κ3) is 4.91. The molecule has 0 saturated carbocycles. The third-order valence-corrected chi connectivity index (χ3v) is 3.19. The van der Waals surface area contributed by atoms with Gasteiger partial charge in [-0.2, -0.15) is 0 Å². The van der Waals surface area contributed by atoms with Crippen LogP contribution in [0.3, 0.4) is 0 Å². The van der Waals surface area contributed by atoms with Gasteiger partial charge in [-0.15, -0.1) is 0 Å². The number of benzene rings is 1. The van der Waals surface area contributed by atoms with Gasteiger partial charge in [0, 0.05) is 0 Å². The maximum absolute atomic E-state index is 11.7. The van der Waals surface area contributed by atoms with Crippen LogP contribution >= 0.6 is 0 Å². The van der Waals surface area contributed by atoms with Crippen LogP contribution in [0, 0.1) is 12.8 Å². The maximum atomic E-state index is 11.7. The summed E-state index contributed by atoms with van der Waals surface area (Å²) < 4.78 is 5.31. The van der Waals surface area contributed by atoms with Gasteiger partial charge in [0.05, 0.1) is 0 Å². The van der Waals surface area contributed by atoms with Crippen molar-refractivity contribution in [3.63, 3.8) is 0 Å². The fraction of sp³-hybridized carbons (Fsp3) is 0.467. The van der Waals surface area contributed by atoms with E-state index < -0.39 is 17.9 Å². The number of carbonyl (C=O) groups is 2. The van der Waals surface area contributed by atoms with Gasteiger partial charge in [0.2, 0.25) is 0 Å². The Balaban J connectivity index is 2.49. The zero-order chi connectivity index (χ0) is 15.1. The summed E-state index contributed by atoms with van der Waals surface area (Å²) in [5.41, 5.74) is 1.10. The van der Waals surface area contributed by atoms with Gasteiger partial charge in [-0.1, -0.05) is 38.0 Å². The first-order chi connectivity index (χ1) is 9.43. The molecule has 0 aromatic heterocycles. The van der Waals surface area contributed by atoms with E-state index in [1.54, 1.807) is 19.1 Å². The van der Waals surface area contributed by atoms with Crippen molar-refractivity contribution in [3.05, 3.63) is 29.8 Å². The SMILES string of the molecule is CCC(C)[C@H](NC(=O)COc1ccc(C)cc1)C(=O)O. The van der Waals surface area contributed by atoms with Crippen molar-refractivity contribution in [1.29, 1.82) is 0 Å². The Morgan fingerprint density at radius 2 is 1.90 bits per heavy atom. The number of ether oxygens (including phenoxy) is 1. The molecular formula is C15H21NO4. The monoisotopic (exact) mass is 279 g/mol. The van der Waals surface area contributed by atoms with Crippen LogP contribution in [0.2, 0.25) is 0 Å². The average molecular weight is 279 g/mol. The molecule has 0 aliphatic carbocycles. The van der Waals surface area contributed by atoms with Gasteiger partial charge in [-0.05, 0) is 25.0 Å². The number of nitrogens with one attached hydrogen (secondary N) is 1. The summed E-state index contributed by atoms with van der Waals surface area (Å²) in [6.45, 7) is 5.44. The van der Waals surface area contributed by atoms with Crippen LogP contribution in [0.5, 0.6) is 5.75 Å². The summed E-state index contributed by atoms with van der Waals surface area (Å²) >= 11 is 0. The molecular weight excluding hydrogens is 258 g/mol. The van der Waals surface area contributed by atoms with Crippen molar-refractivity contribution < 1.29 is 19.4 Å². The minimum atomic E-state index is -1.02. The van der Waals surface area contributed by atoms with Crippen LogP contribution in [-0.4, -0.2) is 29.6 Å². The first kappa shape index (κ1) is 16.0. The lowest BCUT2D eigenvalue weighted by Gasteiger charge is -2.20. The van der Waals surface area contributed by atoms with E-state index in [4.69, 9.17) is 9.84 Å². The molecule has 0 radical (unpaired) electrons. The molecule has 2 atom stereocenters. The summed E-state index contributed by atoms with van der Waals surface area (Å²) in [6, 6.07) is 6.42. The zero-order valence-corrected chi connectivity index (χ0v) is 12.1. The summed E-state index contributed by atoms with van der Waals surface area (Å²) in [6.07, 6.45) is 0.677. The lowest BCUT2D eigenvalue weighted by Crippen LogP contribution is -2.46. The average Bonchev–Trinajstić information content (AvgIpc) is 2.43. The van der Waals surface area contributed by atoms with Gasteiger partial charge in [0.15, 0.2) is 6.61 Å². The quantitative estimate of drug-likeness (QED) is 0.800. The Morgan fingerprint density at radius 3 is 2.40 bits per heavy atom. The van der Waals surface area contributed by atoms with Crippen LogP contribution in [0.15, 0.2) is 24.3 Å². The molecule has 1 aromatic carbocycles. The van der Waals surface area contributed by atoms with Crippen LogP contribution in [0.25, 0.3) is 0 Å². The van der Waals surface area contributed by atoms with Crippen LogP contribution < -0.4 is 10.1 Å². The van der Waals surface area contributed by atoms with Gasteiger partial charge in [0.25, 0.3) is 5.91 Å². The molecule has 1 unspecified atom stereocenters. The molecule has 0 fully saturated rings. The molecule has 110 valence electrons. The smallest absolute Gasteiger partial charge is 0.326 e. The highest BCUT2D eigenvalue weighted by molar-refractivity contribution is 5.84. The Morgan fingerprint density at radius 1 is 1.30 bits per heavy atom. The molecule has 5 heteroatoms. The first-order valence-electron chi connectivity index (χ1n) is 6.65. The number of aryl methyl sites for hydroxylation is 1. The van der Waals surface area contributed by atoms with Crippen LogP contribution in [0.1, 0.15) is 25.8 Å². The largest absolute Gasteiger partial charge is 0.484 e. The van der Waals surface area contributed by atoms with E-state index in [0.717, 1.165) is 5.56 Å². The number of hydrogen-bond acceptors (Lipinski definition) is 3. The van der Waals surface area contributed by atoms with Gasteiger partial charge in [-0.25, -0.2) is 4.79 Å². The molecule has 0 bridgehead atoms. The van der Waals surface area contributed by atoms with Crippen molar-refractivity contribution in [2.75, 3.05) is 6.61 Å². The van der Waals surface area contributed by atoms with Gasteiger partial charge in [0.1, 0.15) is 11.8 Å². The van der Waals surface area contributed by atoms with Gasteiger partial charge >= 0.3 is 5.97 Å². The lowest BCUT2D eigenvalue weighted by atomic mass is 9.99.